The molecule has 0 bridgehead atoms. The molecule has 1 heterocycles. The van der Waals surface area contributed by atoms with Crippen molar-refractivity contribution in [3.8, 4) is 0 Å². The van der Waals surface area contributed by atoms with Crippen molar-refractivity contribution in [2.45, 2.75) is 23.5 Å². The van der Waals surface area contributed by atoms with Crippen LogP contribution in [0.25, 0.3) is 0 Å². The summed E-state index contributed by atoms with van der Waals surface area (Å²) in [5.41, 5.74) is 0. The van der Waals surface area contributed by atoms with Gasteiger partial charge in [0.05, 0.1) is 8.53 Å². The van der Waals surface area contributed by atoms with Crippen LogP contribution in [-0.4, -0.2) is 45.5 Å². The molecule has 0 atom stereocenters. The van der Waals surface area contributed by atoms with Gasteiger partial charge in [-0.2, -0.15) is 0 Å². The lowest BCUT2D eigenvalue weighted by Crippen LogP contribution is -2.43. The number of thiophene rings is 1. The molecule has 0 aliphatic heterocycles. The molecule has 0 amide bonds. The van der Waals surface area contributed by atoms with Gasteiger partial charge in [-0.1, -0.05) is 0 Å². The number of hydrogen-bond donors (Lipinski definition) is 2. The Morgan fingerprint density at radius 1 is 1.38 bits per heavy atom. The SMILES string of the molecule is CC(C)(CNS(=O)(=O)c1cc(C(=O)O)sc1Br)S(C)(=O)=O. The van der Waals surface area contributed by atoms with E-state index in [0.717, 1.165) is 23.7 Å². The fraction of sp³-hybridized carbons (Fsp3) is 0.500. The standard InChI is InChI=1S/C10H14BrNO6S3/c1-10(2,20(3,15)16)5-12-21(17,18)7-4-6(9(13)14)19-8(7)11/h4,12H,5H2,1-3H3,(H,13,14). The van der Waals surface area contributed by atoms with Gasteiger partial charge in [0.2, 0.25) is 10.0 Å². The van der Waals surface area contributed by atoms with E-state index in [2.05, 4.69) is 20.7 Å². The normalized spacial score (nSPS) is 13.3. The topological polar surface area (TPSA) is 118 Å². The number of carboxylic acid groups (broad SMARTS) is 1. The van der Waals surface area contributed by atoms with Gasteiger partial charge in [-0.15, -0.1) is 11.3 Å². The average Bonchev–Trinajstić information content (AvgIpc) is 2.68. The van der Waals surface area contributed by atoms with Crippen molar-refractivity contribution in [1.29, 1.82) is 0 Å². The first kappa shape index (κ1) is 18.6. The van der Waals surface area contributed by atoms with E-state index in [-0.39, 0.29) is 20.1 Å². The molecule has 0 saturated heterocycles. The van der Waals surface area contributed by atoms with E-state index in [1.807, 2.05) is 0 Å². The minimum atomic E-state index is -4.01. The maximum absolute atomic E-state index is 12.1. The molecule has 2 N–H and O–H groups in total. The van der Waals surface area contributed by atoms with Gasteiger partial charge in [0.15, 0.2) is 9.84 Å². The summed E-state index contributed by atoms with van der Waals surface area (Å²) in [6, 6.07) is 1.02. The van der Waals surface area contributed by atoms with Crippen molar-refractivity contribution in [3.05, 3.63) is 14.7 Å². The fourth-order valence-electron chi connectivity index (χ4n) is 1.12. The van der Waals surface area contributed by atoms with Crippen LogP contribution >= 0.6 is 27.3 Å². The molecule has 0 spiro atoms. The average molecular weight is 420 g/mol. The second kappa shape index (κ2) is 5.95. The third kappa shape index (κ3) is 4.25. The summed E-state index contributed by atoms with van der Waals surface area (Å²) in [6.45, 7) is 2.48. The summed E-state index contributed by atoms with van der Waals surface area (Å²) in [4.78, 5) is 10.5. The van der Waals surface area contributed by atoms with Crippen LogP contribution in [0.4, 0.5) is 0 Å². The Morgan fingerprint density at radius 2 is 1.90 bits per heavy atom. The number of carbonyl (C=O) groups is 1. The van der Waals surface area contributed by atoms with Crippen LogP contribution in [0.5, 0.6) is 0 Å². The van der Waals surface area contributed by atoms with Crippen LogP contribution in [0.3, 0.4) is 0 Å². The molecule has 1 aromatic rings. The lowest BCUT2D eigenvalue weighted by Gasteiger charge is -2.22. The highest BCUT2D eigenvalue weighted by molar-refractivity contribution is 9.11. The molecule has 21 heavy (non-hydrogen) atoms. The Morgan fingerprint density at radius 3 is 2.29 bits per heavy atom. The van der Waals surface area contributed by atoms with E-state index >= 15 is 0 Å². The first-order valence-corrected chi connectivity index (χ1v) is 10.5. The molecule has 0 aromatic carbocycles. The number of sulfone groups is 1. The Labute approximate surface area is 135 Å². The minimum absolute atomic E-state index is 0.135. The van der Waals surface area contributed by atoms with Gasteiger partial charge in [0, 0.05) is 12.8 Å². The lowest BCUT2D eigenvalue weighted by atomic mass is 10.2. The van der Waals surface area contributed by atoms with Crippen LogP contribution in [0.1, 0.15) is 23.5 Å². The van der Waals surface area contributed by atoms with Gasteiger partial charge in [-0.25, -0.2) is 26.4 Å². The number of rotatable bonds is 6. The predicted molar refractivity (Wildman–Crippen MR) is 83.1 cm³/mol. The second-order valence-corrected chi connectivity index (χ2v) is 11.7. The highest BCUT2D eigenvalue weighted by Crippen LogP contribution is 2.31. The summed E-state index contributed by atoms with van der Waals surface area (Å²) < 4.78 is 48.4. The molecular formula is C10H14BrNO6S3. The molecule has 0 unspecified atom stereocenters. The van der Waals surface area contributed by atoms with Gasteiger partial charge in [0.1, 0.15) is 9.77 Å². The zero-order valence-corrected chi connectivity index (χ0v) is 15.4. The van der Waals surface area contributed by atoms with Crippen molar-refractivity contribution in [2.24, 2.45) is 0 Å². The summed E-state index contributed by atoms with van der Waals surface area (Å²) in [5, 5.41) is 8.85. The largest absolute Gasteiger partial charge is 0.477 e. The zero-order valence-electron chi connectivity index (χ0n) is 11.4. The number of aromatic carboxylic acids is 1. The summed E-state index contributed by atoms with van der Waals surface area (Å²) >= 11 is 3.77. The van der Waals surface area contributed by atoms with Gasteiger partial charge in [-0.3, -0.25) is 0 Å². The fourth-order valence-corrected chi connectivity index (χ4v) is 5.16. The molecule has 7 nitrogen and oxygen atoms in total. The smallest absolute Gasteiger partial charge is 0.345 e. The van der Waals surface area contributed by atoms with Gasteiger partial charge in [-0.05, 0) is 35.8 Å². The first-order valence-electron chi connectivity index (χ1n) is 5.50. The van der Waals surface area contributed by atoms with Gasteiger partial charge in [0.25, 0.3) is 0 Å². The number of carboxylic acids is 1. The van der Waals surface area contributed by atoms with Crippen molar-refractivity contribution in [3.63, 3.8) is 0 Å². The van der Waals surface area contributed by atoms with Crippen LogP contribution in [0.15, 0.2) is 14.7 Å². The Bertz CT molecular complexity index is 763. The third-order valence-electron chi connectivity index (χ3n) is 2.85. The predicted octanol–water partition coefficient (Wildman–Crippen LogP) is 1.31. The summed E-state index contributed by atoms with van der Waals surface area (Å²) in [5.74, 6) is -1.24. The van der Waals surface area contributed by atoms with Crippen LogP contribution < -0.4 is 4.72 Å². The van der Waals surface area contributed by atoms with Crippen LogP contribution in [0, 0.1) is 0 Å². The van der Waals surface area contributed by atoms with Crippen molar-refractivity contribution < 1.29 is 26.7 Å². The van der Waals surface area contributed by atoms with E-state index in [1.54, 1.807) is 0 Å². The monoisotopic (exact) mass is 419 g/mol. The Hall–Kier alpha value is -0.490. The molecule has 1 rings (SSSR count). The minimum Gasteiger partial charge on any atom is -0.477 e. The maximum atomic E-state index is 12.1. The van der Waals surface area contributed by atoms with E-state index < -0.39 is 30.6 Å². The Kier molecular flexibility index (Phi) is 5.26. The molecule has 11 heteroatoms. The first-order chi connectivity index (χ1) is 9.28. The summed E-state index contributed by atoms with van der Waals surface area (Å²) in [6.07, 6.45) is 1.02. The van der Waals surface area contributed by atoms with E-state index in [0.29, 0.717) is 0 Å². The van der Waals surface area contributed by atoms with Crippen molar-refractivity contribution in [1.82, 2.24) is 4.72 Å². The molecule has 0 fully saturated rings. The van der Waals surface area contributed by atoms with Crippen LogP contribution in [-0.2, 0) is 19.9 Å². The molecular weight excluding hydrogens is 406 g/mol. The number of hydrogen-bond acceptors (Lipinski definition) is 6. The van der Waals surface area contributed by atoms with E-state index in [9.17, 15) is 21.6 Å². The highest BCUT2D eigenvalue weighted by atomic mass is 79.9. The highest BCUT2D eigenvalue weighted by Gasteiger charge is 2.33. The van der Waals surface area contributed by atoms with E-state index in [1.165, 1.54) is 13.8 Å². The zero-order chi connectivity index (χ0) is 16.6. The van der Waals surface area contributed by atoms with Gasteiger partial charge < -0.3 is 5.11 Å². The molecule has 120 valence electrons. The third-order valence-corrected chi connectivity index (χ3v) is 8.64. The molecule has 0 aliphatic rings. The molecule has 0 saturated carbocycles. The molecule has 0 radical (unpaired) electrons. The maximum Gasteiger partial charge on any atom is 0.345 e. The van der Waals surface area contributed by atoms with Crippen molar-refractivity contribution in [2.75, 3.05) is 12.8 Å². The lowest BCUT2D eigenvalue weighted by molar-refractivity contribution is 0.0702. The van der Waals surface area contributed by atoms with E-state index in [4.69, 9.17) is 5.11 Å². The number of halogens is 1. The van der Waals surface area contributed by atoms with Crippen molar-refractivity contribution >= 4 is 53.1 Å². The van der Waals surface area contributed by atoms with Gasteiger partial charge >= 0.3 is 5.97 Å². The second-order valence-electron chi connectivity index (χ2n) is 4.91. The van der Waals surface area contributed by atoms with Crippen LogP contribution in [0.2, 0.25) is 0 Å². The molecule has 1 aromatic heterocycles. The number of nitrogens with one attached hydrogen (secondary N) is 1. The Balaban J connectivity index is 3.06. The summed E-state index contributed by atoms with van der Waals surface area (Å²) in [7, 11) is -7.47. The number of sulfonamides is 1. The quantitative estimate of drug-likeness (QED) is 0.717. The molecule has 0 aliphatic carbocycles.